The smallest absolute Gasteiger partial charge is 0.346 e. The molecular formula is C17H21N3O4. The predicted octanol–water partition coefficient (Wildman–Crippen LogP) is 2.29. The minimum atomic E-state index is -0.765. The quantitative estimate of drug-likeness (QED) is 0.678. The Balaban J connectivity index is 1.81. The van der Waals surface area contributed by atoms with Gasteiger partial charge in [0.2, 0.25) is 0 Å². The van der Waals surface area contributed by atoms with Gasteiger partial charge in [-0.05, 0) is 25.0 Å². The number of nitrogens with one attached hydrogen (secondary N) is 1. The molecule has 1 spiro atoms. The first-order valence-corrected chi connectivity index (χ1v) is 8.02. The van der Waals surface area contributed by atoms with E-state index in [9.17, 15) is 9.59 Å². The number of imide groups is 1. The van der Waals surface area contributed by atoms with Crippen LogP contribution in [-0.4, -0.2) is 42.9 Å². The fourth-order valence-electron chi connectivity index (χ4n) is 3.23. The van der Waals surface area contributed by atoms with Crippen LogP contribution < -0.4 is 14.8 Å². The number of ether oxygens (including phenoxy) is 2. The topological polar surface area (TPSA) is 80.2 Å². The van der Waals surface area contributed by atoms with Gasteiger partial charge in [-0.1, -0.05) is 19.3 Å². The van der Waals surface area contributed by atoms with Crippen LogP contribution >= 0.6 is 0 Å². The lowest BCUT2D eigenvalue weighted by Crippen LogP contribution is -2.48. The Morgan fingerprint density at radius 2 is 1.71 bits per heavy atom. The predicted molar refractivity (Wildman–Crippen MR) is 88.3 cm³/mol. The molecule has 3 amide bonds. The van der Waals surface area contributed by atoms with Crippen molar-refractivity contribution in [1.29, 1.82) is 0 Å². The minimum absolute atomic E-state index is 0.265. The van der Waals surface area contributed by atoms with Gasteiger partial charge < -0.3 is 14.8 Å². The summed E-state index contributed by atoms with van der Waals surface area (Å²) < 4.78 is 10.4. The van der Waals surface area contributed by atoms with E-state index in [1.807, 2.05) is 0 Å². The third-order valence-electron chi connectivity index (χ3n) is 4.54. The maximum atomic E-state index is 12.6. The van der Waals surface area contributed by atoms with Crippen LogP contribution in [0.4, 0.5) is 4.79 Å². The zero-order valence-corrected chi connectivity index (χ0v) is 13.9. The molecule has 1 heterocycles. The number of hydrazone groups is 1. The molecule has 3 rings (SSSR count). The third kappa shape index (κ3) is 2.93. The van der Waals surface area contributed by atoms with Gasteiger partial charge in [-0.15, -0.1) is 5.01 Å². The molecule has 1 saturated carbocycles. The second kappa shape index (κ2) is 6.51. The van der Waals surface area contributed by atoms with Crippen LogP contribution in [0.25, 0.3) is 0 Å². The van der Waals surface area contributed by atoms with Gasteiger partial charge in [0.25, 0.3) is 5.91 Å². The van der Waals surface area contributed by atoms with E-state index in [1.54, 1.807) is 32.4 Å². The summed E-state index contributed by atoms with van der Waals surface area (Å²) in [5.74, 6) is 0.951. The number of carbonyl (C=O) groups excluding carboxylic acids is 2. The summed E-state index contributed by atoms with van der Waals surface area (Å²) in [5, 5.41) is 7.84. The highest BCUT2D eigenvalue weighted by atomic mass is 16.5. The van der Waals surface area contributed by atoms with Crippen molar-refractivity contribution in [1.82, 2.24) is 10.3 Å². The third-order valence-corrected chi connectivity index (χ3v) is 4.54. The van der Waals surface area contributed by atoms with Gasteiger partial charge in [-0.25, -0.2) is 4.79 Å². The average molecular weight is 331 g/mol. The molecule has 0 bridgehead atoms. The zero-order valence-electron chi connectivity index (χ0n) is 13.9. The van der Waals surface area contributed by atoms with Crippen LogP contribution in [0.2, 0.25) is 0 Å². The number of hydrogen-bond acceptors (Lipinski definition) is 5. The molecule has 2 aliphatic rings. The van der Waals surface area contributed by atoms with E-state index < -0.39 is 11.6 Å². The van der Waals surface area contributed by atoms with Crippen molar-refractivity contribution in [3.05, 3.63) is 23.8 Å². The molecule has 128 valence electrons. The van der Waals surface area contributed by atoms with Gasteiger partial charge in [0.05, 0.1) is 20.4 Å². The summed E-state index contributed by atoms with van der Waals surface area (Å²) in [7, 11) is 3.11. The Hall–Kier alpha value is -2.57. The fourth-order valence-corrected chi connectivity index (χ4v) is 3.23. The van der Waals surface area contributed by atoms with Crippen LogP contribution in [0, 0.1) is 0 Å². The summed E-state index contributed by atoms with van der Waals surface area (Å²) >= 11 is 0. The van der Waals surface area contributed by atoms with Crippen LogP contribution in [0.5, 0.6) is 11.5 Å². The van der Waals surface area contributed by atoms with Gasteiger partial charge >= 0.3 is 6.03 Å². The Kier molecular flexibility index (Phi) is 4.42. The van der Waals surface area contributed by atoms with E-state index in [0.29, 0.717) is 29.9 Å². The molecule has 24 heavy (non-hydrogen) atoms. The molecule has 0 radical (unpaired) electrons. The second-order valence-electron chi connectivity index (χ2n) is 6.08. The molecular weight excluding hydrogens is 310 g/mol. The van der Waals surface area contributed by atoms with Gasteiger partial charge in [-0.2, -0.15) is 5.10 Å². The van der Waals surface area contributed by atoms with Crippen molar-refractivity contribution in [2.45, 2.75) is 37.6 Å². The largest absolute Gasteiger partial charge is 0.497 e. The van der Waals surface area contributed by atoms with Gasteiger partial charge in [-0.3, -0.25) is 4.79 Å². The van der Waals surface area contributed by atoms with Crippen molar-refractivity contribution in [2.24, 2.45) is 5.10 Å². The number of amides is 3. The Morgan fingerprint density at radius 3 is 2.29 bits per heavy atom. The summed E-state index contributed by atoms with van der Waals surface area (Å²) in [6.45, 7) is 0. The highest BCUT2D eigenvalue weighted by Gasteiger charge is 2.51. The van der Waals surface area contributed by atoms with Crippen LogP contribution in [-0.2, 0) is 4.79 Å². The number of hydrogen-bond donors (Lipinski definition) is 1. The van der Waals surface area contributed by atoms with Crippen molar-refractivity contribution in [3.63, 3.8) is 0 Å². The lowest BCUT2D eigenvalue weighted by Gasteiger charge is -2.29. The fraction of sp³-hybridized carbons (Fsp3) is 0.471. The number of benzene rings is 1. The first-order valence-electron chi connectivity index (χ1n) is 8.02. The van der Waals surface area contributed by atoms with Crippen molar-refractivity contribution >= 4 is 18.2 Å². The SMILES string of the molecule is COc1cc(/C=N/N2C(=O)NC3(CCCCC3)C2=O)cc(OC)c1. The number of nitrogens with zero attached hydrogens (tertiary/aromatic N) is 2. The Bertz CT molecular complexity index is 658. The van der Waals surface area contributed by atoms with Crippen molar-refractivity contribution in [2.75, 3.05) is 14.2 Å². The number of carbonyl (C=O) groups is 2. The number of methoxy groups -OCH3 is 2. The second-order valence-corrected chi connectivity index (χ2v) is 6.08. The molecule has 1 saturated heterocycles. The molecule has 2 fully saturated rings. The van der Waals surface area contributed by atoms with E-state index in [2.05, 4.69) is 10.4 Å². The maximum absolute atomic E-state index is 12.6. The molecule has 0 atom stereocenters. The molecule has 1 aromatic rings. The summed E-state index contributed by atoms with van der Waals surface area (Å²) in [6, 6.07) is 4.78. The molecule has 1 aliphatic carbocycles. The highest BCUT2D eigenvalue weighted by molar-refractivity contribution is 6.07. The molecule has 7 nitrogen and oxygen atoms in total. The zero-order chi connectivity index (χ0) is 17.2. The van der Waals surface area contributed by atoms with Gasteiger partial charge in [0, 0.05) is 11.6 Å². The Labute approximate surface area is 140 Å². The van der Waals surface area contributed by atoms with Crippen LogP contribution in [0.15, 0.2) is 23.3 Å². The standard InChI is InChI=1S/C17H21N3O4/c1-23-13-8-12(9-14(10-13)24-2)11-18-20-15(21)17(19-16(20)22)6-4-3-5-7-17/h8-11H,3-7H2,1-2H3,(H,19,22)/b18-11+. The number of urea groups is 1. The molecule has 1 aromatic carbocycles. The molecule has 1 N–H and O–H groups in total. The normalized spacial score (nSPS) is 19.8. The van der Waals surface area contributed by atoms with E-state index in [-0.39, 0.29) is 5.91 Å². The first kappa shape index (κ1) is 16.3. The van der Waals surface area contributed by atoms with Gasteiger partial charge in [0.15, 0.2) is 0 Å². The lowest BCUT2D eigenvalue weighted by atomic mass is 9.82. The summed E-state index contributed by atoms with van der Waals surface area (Å²) in [5.41, 5.74) is -0.0879. The van der Waals surface area contributed by atoms with E-state index in [1.165, 1.54) is 6.21 Å². The molecule has 0 unspecified atom stereocenters. The average Bonchev–Trinajstić information content (AvgIpc) is 2.83. The first-order chi connectivity index (χ1) is 11.6. The highest BCUT2D eigenvalue weighted by Crippen LogP contribution is 2.33. The van der Waals surface area contributed by atoms with Crippen molar-refractivity contribution in [3.8, 4) is 11.5 Å². The number of rotatable bonds is 4. The lowest BCUT2D eigenvalue weighted by molar-refractivity contribution is -0.132. The monoisotopic (exact) mass is 331 g/mol. The van der Waals surface area contributed by atoms with Gasteiger partial charge in [0.1, 0.15) is 17.0 Å². The van der Waals surface area contributed by atoms with Crippen molar-refractivity contribution < 1.29 is 19.1 Å². The van der Waals surface area contributed by atoms with Crippen LogP contribution in [0.3, 0.4) is 0 Å². The summed E-state index contributed by atoms with van der Waals surface area (Å²) in [4.78, 5) is 24.8. The van der Waals surface area contributed by atoms with E-state index in [4.69, 9.17) is 9.47 Å². The van der Waals surface area contributed by atoms with Crippen LogP contribution in [0.1, 0.15) is 37.7 Å². The van der Waals surface area contributed by atoms with E-state index in [0.717, 1.165) is 24.3 Å². The molecule has 1 aliphatic heterocycles. The van der Waals surface area contributed by atoms with E-state index >= 15 is 0 Å². The Morgan fingerprint density at radius 1 is 1.08 bits per heavy atom. The molecule has 7 heteroatoms. The molecule has 0 aromatic heterocycles. The minimum Gasteiger partial charge on any atom is -0.497 e. The maximum Gasteiger partial charge on any atom is 0.346 e. The summed E-state index contributed by atoms with van der Waals surface area (Å²) in [6.07, 6.45) is 5.79.